The number of benzene rings is 2. The minimum Gasteiger partial charge on any atom is -0.330 e. The second-order valence-electron chi connectivity index (χ2n) is 7.45. The molecule has 3 rings (SSSR count). The van der Waals surface area contributed by atoms with Crippen LogP contribution in [-0.2, 0) is 4.79 Å². The number of halogens is 1. The zero-order valence-electron chi connectivity index (χ0n) is 16.3. The van der Waals surface area contributed by atoms with Gasteiger partial charge in [-0.25, -0.2) is 0 Å². The highest BCUT2D eigenvalue weighted by molar-refractivity contribution is 5.95. The van der Waals surface area contributed by atoms with E-state index in [1.807, 2.05) is 39.0 Å². The molecule has 0 bridgehead atoms. The van der Waals surface area contributed by atoms with Gasteiger partial charge in [0.1, 0.15) is 0 Å². The van der Waals surface area contributed by atoms with Gasteiger partial charge in [0.15, 0.2) is 0 Å². The van der Waals surface area contributed by atoms with Crippen molar-refractivity contribution in [2.75, 3.05) is 25.0 Å². The minimum absolute atomic E-state index is 0. The molecular formula is C22H30ClN3O. The number of anilines is 1. The smallest absolute Gasteiger partial charge is 0.241 e. The fourth-order valence-corrected chi connectivity index (χ4v) is 3.81. The summed E-state index contributed by atoms with van der Waals surface area (Å²) >= 11 is 0. The van der Waals surface area contributed by atoms with Crippen LogP contribution in [0.2, 0.25) is 0 Å². The largest absolute Gasteiger partial charge is 0.330 e. The van der Waals surface area contributed by atoms with E-state index < -0.39 is 0 Å². The van der Waals surface area contributed by atoms with Crippen molar-refractivity contribution >= 4 is 24.0 Å². The predicted molar refractivity (Wildman–Crippen MR) is 115 cm³/mol. The Bertz CT molecular complexity index is 765. The third kappa shape index (κ3) is 4.89. The molecule has 1 saturated heterocycles. The van der Waals surface area contributed by atoms with Crippen molar-refractivity contribution in [1.29, 1.82) is 0 Å². The number of hydrogen-bond donors (Lipinski definition) is 2. The molecule has 0 saturated carbocycles. The highest BCUT2D eigenvalue weighted by Gasteiger charge is 2.36. The van der Waals surface area contributed by atoms with Gasteiger partial charge in [-0.2, -0.15) is 0 Å². The Labute approximate surface area is 168 Å². The number of nitrogens with one attached hydrogen (secondary N) is 1. The first-order valence-corrected chi connectivity index (χ1v) is 9.36. The average molecular weight is 388 g/mol. The van der Waals surface area contributed by atoms with E-state index in [0.717, 1.165) is 29.9 Å². The molecule has 4 nitrogen and oxygen atoms in total. The van der Waals surface area contributed by atoms with Gasteiger partial charge in [-0.1, -0.05) is 42.5 Å². The lowest BCUT2D eigenvalue weighted by Crippen LogP contribution is -2.41. The molecule has 1 aliphatic heterocycles. The van der Waals surface area contributed by atoms with Crippen LogP contribution in [0.1, 0.15) is 29.5 Å². The summed E-state index contributed by atoms with van der Waals surface area (Å²) in [7, 11) is 0. The van der Waals surface area contributed by atoms with E-state index in [0.29, 0.717) is 18.4 Å². The fourth-order valence-electron chi connectivity index (χ4n) is 3.81. The Kier molecular flexibility index (Phi) is 7.42. The molecule has 0 spiro atoms. The summed E-state index contributed by atoms with van der Waals surface area (Å²) in [6.07, 6.45) is 0. The van der Waals surface area contributed by atoms with Gasteiger partial charge in [0.25, 0.3) is 0 Å². The predicted octanol–water partition coefficient (Wildman–Crippen LogP) is 3.73. The quantitative estimate of drug-likeness (QED) is 0.821. The number of rotatable bonds is 5. The zero-order chi connectivity index (χ0) is 18.7. The van der Waals surface area contributed by atoms with Crippen LogP contribution < -0.4 is 11.1 Å². The topological polar surface area (TPSA) is 58.4 Å². The molecule has 0 radical (unpaired) electrons. The van der Waals surface area contributed by atoms with Gasteiger partial charge < -0.3 is 11.1 Å². The van der Waals surface area contributed by atoms with Gasteiger partial charge in [0, 0.05) is 24.7 Å². The first kappa shape index (κ1) is 21.4. The van der Waals surface area contributed by atoms with Gasteiger partial charge in [-0.3, -0.25) is 9.69 Å². The van der Waals surface area contributed by atoms with Crippen molar-refractivity contribution < 1.29 is 4.79 Å². The molecule has 0 aliphatic carbocycles. The van der Waals surface area contributed by atoms with Gasteiger partial charge in [-0.15, -0.1) is 12.4 Å². The van der Waals surface area contributed by atoms with Gasteiger partial charge in [0.05, 0.1) is 6.04 Å². The van der Waals surface area contributed by atoms with Crippen LogP contribution in [0, 0.1) is 19.8 Å². The van der Waals surface area contributed by atoms with Gasteiger partial charge in [0.2, 0.25) is 5.91 Å². The Morgan fingerprint density at radius 3 is 2.56 bits per heavy atom. The number of nitrogens with two attached hydrogens (primary N) is 1. The van der Waals surface area contributed by atoms with E-state index in [1.54, 1.807) is 0 Å². The van der Waals surface area contributed by atoms with Crippen molar-refractivity contribution in [2.45, 2.75) is 32.7 Å². The molecule has 27 heavy (non-hydrogen) atoms. The highest BCUT2D eigenvalue weighted by Crippen LogP contribution is 2.33. The molecule has 1 aliphatic rings. The lowest BCUT2D eigenvalue weighted by atomic mass is 9.89. The van der Waals surface area contributed by atoms with E-state index in [4.69, 9.17) is 5.73 Å². The molecule has 2 aromatic carbocycles. The Balaban J connectivity index is 0.00000261. The molecule has 0 aromatic heterocycles. The molecule has 1 amide bonds. The van der Waals surface area contributed by atoms with Crippen LogP contribution in [0.15, 0.2) is 48.5 Å². The Morgan fingerprint density at radius 1 is 1.19 bits per heavy atom. The molecule has 1 heterocycles. The van der Waals surface area contributed by atoms with E-state index in [-0.39, 0.29) is 24.4 Å². The fraction of sp³-hybridized carbons (Fsp3) is 0.409. The van der Waals surface area contributed by atoms with Gasteiger partial charge >= 0.3 is 0 Å². The number of nitrogens with zero attached hydrogens (tertiary/aromatic N) is 1. The zero-order valence-corrected chi connectivity index (χ0v) is 17.1. The monoisotopic (exact) mass is 387 g/mol. The van der Waals surface area contributed by atoms with Crippen molar-refractivity contribution in [1.82, 2.24) is 4.90 Å². The SMILES string of the molecule is Cc1ccc(C)c(NC(=O)C(C)N2C[C@@H](CN)[C@H](c3ccccc3)C2)c1.Cl. The summed E-state index contributed by atoms with van der Waals surface area (Å²) in [5.41, 5.74) is 10.5. The Morgan fingerprint density at radius 2 is 1.89 bits per heavy atom. The Hall–Kier alpha value is -1.88. The highest BCUT2D eigenvalue weighted by atomic mass is 35.5. The van der Waals surface area contributed by atoms with Crippen LogP contribution in [0.3, 0.4) is 0 Å². The van der Waals surface area contributed by atoms with Crippen molar-refractivity contribution in [3.63, 3.8) is 0 Å². The first-order chi connectivity index (χ1) is 12.5. The summed E-state index contributed by atoms with van der Waals surface area (Å²) in [6.45, 7) is 8.41. The minimum atomic E-state index is -0.183. The van der Waals surface area contributed by atoms with Crippen LogP contribution in [0.4, 0.5) is 5.69 Å². The van der Waals surface area contributed by atoms with Crippen molar-refractivity contribution in [2.24, 2.45) is 11.7 Å². The van der Waals surface area contributed by atoms with E-state index in [2.05, 4.69) is 40.5 Å². The maximum Gasteiger partial charge on any atom is 0.241 e. The van der Waals surface area contributed by atoms with E-state index in [1.165, 1.54) is 5.56 Å². The lowest BCUT2D eigenvalue weighted by molar-refractivity contribution is -0.120. The second-order valence-corrected chi connectivity index (χ2v) is 7.45. The molecule has 1 unspecified atom stereocenters. The second kappa shape index (κ2) is 9.36. The first-order valence-electron chi connectivity index (χ1n) is 9.36. The van der Waals surface area contributed by atoms with Crippen LogP contribution in [0.25, 0.3) is 0 Å². The third-order valence-corrected chi connectivity index (χ3v) is 5.58. The number of aryl methyl sites for hydroxylation is 2. The normalized spacial score (nSPS) is 20.7. The molecule has 146 valence electrons. The van der Waals surface area contributed by atoms with Crippen molar-refractivity contribution in [3.8, 4) is 0 Å². The molecular weight excluding hydrogens is 358 g/mol. The summed E-state index contributed by atoms with van der Waals surface area (Å²) in [4.78, 5) is 15.1. The molecule has 3 N–H and O–H groups in total. The van der Waals surface area contributed by atoms with E-state index in [9.17, 15) is 4.79 Å². The van der Waals surface area contributed by atoms with Crippen LogP contribution in [0.5, 0.6) is 0 Å². The maximum atomic E-state index is 12.8. The lowest BCUT2D eigenvalue weighted by Gasteiger charge is -2.24. The number of carbonyl (C=O) groups excluding carboxylic acids is 1. The molecule has 1 fully saturated rings. The number of amides is 1. The summed E-state index contributed by atoms with van der Waals surface area (Å²) < 4.78 is 0. The van der Waals surface area contributed by atoms with Crippen LogP contribution >= 0.6 is 12.4 Å². The summed E-state index contributed by atoms with van der Waals surface area (Å²) in [5, 5.41) is 3.10. The molecule has 3 atom stereocenters. The molecule has 2 aromatic rings. The van der Waals surface area contributed by atoms with E-state index >= 15 is 0 Å². The van der Waals surface area contributed by atoms with Crippen molar-refractivity contribution in [3.05, 3.63) is 65.2 Å². The maximum absolute atomic E-state index is 12.8. The summed E-state index contributed by atoms with van der Waals surface area (Å²) in [6, 6.07) is 16.5. The number of carbonyl (C=O) groups is 1. The third-order valence-electron chi connectivity index (χ3n) is 5.58. The average Bonchev–Trinajstić information content (AvgIpc) is 3.09. The van der Waals surface area contributed by atoms with Gasteiger partial charge in [-0.05, 0) is 56.0 Å². The number of hydrogen-bond acceptors (Lipinski definition) is 3. The van der Waals surface area contributed by atoms with Crippen LogP contribution in [-0.4, -0.2) is 36.5 Å². The summed E-state index contributed by atoms with van der Waals surface area (Å²) in [5.74, 6) is 0.814. The standard InChI is InChI=1S/C22H29N3O.ClH/c1-15-9-10-16(2)21(11-15)24-22(26)17(3)25-13-19(12-23)20(14-25)18-7-5-4-6-8-18;/h4-11,17,19-20H,12-14,23H2,1-3H3,(H,24,26);1H/t17?,19-,20+;/m1./s1. The molecule has 5 heteroatoms. The number of likely N-dealkylation sites (tertiary alicyclic amines) is 1.